The molecule has 1 fully saturated rings. The normalized spacial score (nSPS) is 20.6. The van der Waals surface area contributed by atoms with Crippen LogP contribution < -0.4 is 0 Å². The van der Waals surface area contributed by atoms with Crippen molar-refractivity contribution >= 4 is 70.3 Å². The molecule has 0 radical (unpaired) electrons. The van der Waals surface area contributed by atoms with Crippen LogP contribution in [0.2, 0.25) is 0 Å². The number of hydrogen-bond acceptors (Lipinski definition) is 10. The second-order valence-electron chi connectivity index (χ2n) is 11.1. The summed E-state index contributed by atoms with van der Waals surface area (Å²) in [4.78, 5) is 42.1. The molecule has 4 rings (SSSR count). The smallest absolute Gasteiger partial charge is 0.330 e. The molecule has 2 heterocycles. The van der Waals surface area contributed by atoms with Gasteiger partial charge in [0.1, 0.15) is 4.90 Å². The van der Waals surface area contributed by atoms with Crippen LogP contribution in [0.1, 0.15) is 71.8 Å². The van der Waals surface area contributed by atoms with Crippen LogP contribution in [-0.2, 0) is 55.0 Å². The zero-order chi connectivity index (χ0) is 33.9. The molecular weight excluding hydrogens is 656 g/mol. The Morgan fingerprint density at radius 2 is 1.58 bits per heavy atom. The lowest BCUT2D eigenvalue weighted by Gasteiger charge is -2.32. The van der Waals surface area contributed by atoms with Crippen molar-refractivity contribution < 1.29 is 62.7 Å². The van der Waals surface area contributed by atoms with Crippen LogP contribution in [0.25, 0.3) is 10.8 Å². The number of nitrogens with zero attached hydrogens (tertiary/aromatic N) is 2. The third kappa shape index (κ3) is 6.01. The number of rotatable bonds is 11. The molecule has 3 atom stereocenters. The van der Waals surface area contributed by atoms with E-state index in [4.69, 9.17) is 4.84 Å². The van der Waals surface area contributed by atoms with Gasteiger partial charge in [0.05, 0.1) is 16.2 Å². The quantitative estimate of drug-likeness (QED) is 0.175. The first-order valence-electron chi connectivity index (χ1n) is 13.9. The van der Waals surface area contributed by atoms with Crippen LogP contribution in [0.4, 0.5) is 5.69 Å². The molecule has 18 heteroatoms. The zero-order valence-electron chi connectivity index (χ0n) is 24.8. The van der Waals surface area contributed by atoms with Crippen LogP contribution >= 0.6 is 0 Å². The molecule has 0 bridgehead atoms. The minimum Gasteiger partial charge on any atom is -0.330 e. The number of benzene rings is 2. The van der Waals surface area contributed by atoms with Crippen molar-refractivity contribution in [3.05, 3.63) is 29.8 Å². The lowest BCUT2D eigenvalue weighted by Crippen LogP contribution is -2.46. The number of fused-ring (bicyclic) bond motifs is 3. The van der Waals surface area contributed by atoms with Crippen molar-refractivity contribution in [2.75, 3.05) is 0 Å². The van der Waals surface area contributed by atoms with Gasteiger partial charge in [-0.15, -0.1) is 5.06 Å². The molecule has 2 amide bonds. The molecule has 0 saturated carbocycles. The molecule has 2 aromatic rings. The summed E-state index contributed by atoms with van der Waals surface area (Å²) < 4.78 is 106. The molecule has 0 aliphatic carbocycles. The minimum atomic E-state index is -5.12. The fourth-order valence-electron chi connectivity index (χ4n) is 6.27. The second-order valence-corrected chi connectivity index (χ2v) is 15.5. The molecule has 0 aromatic heterocycles. The van der Waals surface area contributed by atoms with Gasteiger partial charge in [-0.3, -0.25) is 23.2 Å². The van der Waals surface area contributed by atoms with Gasteiger partial charge in [-0.2, -0.15) is 29.8 Å². The van der Waals surface area contributed by atoms with E-state index in [0.717, 1.165) is 6.07 Å². The molecule has 15 nitrogen and oxygen atoms in total. The topological polar surface area (TPSA) is 230 Å². The Balaban J connectivity index is 2.17. The van der Waals surface area contributed by atoms with Crippen LogP contribution in [-0.4, -0.2) is 77.4 Å². The maximum atomic E-state index is 13.9. The SMILES string of the molecule is CCCCC(C(=O)ON1C(=O)CCC1=O)C1(C)C(C)=[N+](C(CC)S(=O)(=O)O)c2ccc3c(S(=O)(=O)O)cc(S(=O)(=O)O)cc3c21. The highest BCUT2D eigenvalue weighted by molar-refractivity contribution is 7.87. The zero-order valence-corrected chi connectivity index (χ0v) is 27.2. The van der Waals surface area contributed by atoms with E-state index in [9.17, 15) is 53.3 Å². The summed E-state index contributed by atoms with van der Waals surface area (Å²) >= 11 is 0. The fourth-order valence-corrected chi connectivity index (χ4v) is 8.57. The maximum absolute atomic E-state index is 13.9. The number of imide groups is 1. The van der Waals surface area contributed by atoms with Gasteiger partial charge in [0, 0.05) is 43.2 Å². The number of amides is 2. The van der Waals surface area contributed by atoms with Crippen LogP contribution in [0.15, 0.2) is 34.1 Å². The molecule has 1 saturated heterocycles. The van der Waals surface area contributed by atoms with Crippen molar-refractivity contribution in [2.24, 2.45) is 5.92 Å². The van der Waals surface area contributed by atoms with Crippen molar-refractivity contribution in [3.63, 3.8) is 0 Å². The van der Waals surface area contributed by atoms with Gasteiger partial charge in [0.15, 0.2) is 5.71 Å². The average Bonchev–Trinajstić information content (AvgIpc) is 3.35. The van der Waals surface area contributed by atoms with E-state index in [-0.39, 0.29) is 53.4 Å². The first kappa shape index (κ1) is 34.6. The van der Waals surface area contributed by atoms with E-state index in [2.05, 4.69) is 0 Å². The summed E-state index contributed by atoms with van der Waals surface area (Å²) in [5, 5.41) is -1.67. The average molecular weight is 690 g/mol. The summed E-state index contributed by atoms with van der Waals surface area (Å²) in [6, 6.07) is 3.98. The molecule has 0 spiro atoms. The fraction of sp³-hybridized carbons (Fsp3) is 0.481. The summed E-state index contributed by atoms with van der Waals surface area (Å²) in [7, 11) is -15.0. The standard InChI is InChI=1S/C27H32N2O13S3/c1-5-7-8-19(26(32)42-29-22(30)11-12-23(29)31)27(4)15(3)28(24(6-2)45(39,40)41)20-10-9-17-18(25(20)27)13-16(43(33,34)35)14-21(17)44(36,37)38/h9-10,13-14,19,24H,5-8,11-12H2,1-4H3,(H2-,33,34,35,36,37,38,39,40,41)/p+1. The van der Waals surface area contributed by atoms with Gasteiger partial charge in [0.25, 0.3) is 37.4 Å². The second kappa shape index (κ2) is 11.8. The van der Waals surface area contributed by atoms with E-state index >= 15 is 0 Å². The highest BCUT2D eigenvalue weighted by atomic mass is 32.2. The lowest BCUT2D eigenvalue weighted by molar-refractivity contribution is -0.458. The van der Waals surface area contributed by atoms with E-state index < -0.39 is 74.6 Å². The molecule has 246 valence electrons. The first-order valence-corrected chi connectivity index (χ1v) is 18.3. The Hall–Kier alpha value is -3.29. The number of unbranched alkanes of at least 4 members (excludes halogenated alkanes) is 1. The Labute approximate surface area is 260 Å². The summed E-state index contributed by atoms with van der Waals surface area (Å²) in [5.41, 5.74) is -1.45. The lowest BCUT2D eigenvalue weighted by atomic mass is 9.67. The van der Waals surface area contributed by atoms with Gasteiger partial charge in [-0.25, -0.2) is 4.79 Å². The largest absolute Gasteiger partial charge is 0.337 e. The maximum Gasteiger partial charge on any atom is 0.337 e. The minimum absolute atomic E-state index is 0.0205. The summed E-state index contributed by atoms with van der Waals surface area (Å²) in [5.74, 6) is -3.85. The third-order valence-corrected chi connectivity index (χ3v) is 11.5. The monoisotopic (exact) mass is 689 g/mol. The van der Waals surface area contributed by atoms with Gasteiger partial charge in [-0.1, -0.05) is 26.7 Å². The van der Waals surface area contributed by atoms with Crippen LogP contribution in [0.3, 0.4) is 0 Å². The van der Waals surface area contributed by atoms with Crippen molar-refractivity contribution in [1.82, 2.24) is 5.06 Å². The molecule has 45 heavy (non-hydrogen) atoms. The Morgan fingerprint density at radius 3 is 2.07 bits per heavy atom. The predicted octanol–water partition coefficient (Wildman–Crippen LogP) is 2.75. The van der Waals surface area contributed by atoms with Gasteiger partial charge in [0.2, 0.25) is 5.69 Å². The number of carbonyl (C=O) groups is 3. The Kier molecular flexibility index (Phi) is 9.08. The molecular formula is C27H33N2O13S3+. The molecule has 3 N–H and O–H groups in total. The van der Waals surface area contributed by atoms with E-state index in [1.54, 1.807) is 0 Å². The summed E-state index contributed by atoms with van der Waals surface area (Å²) in [6.45, 7) is 6.26. The van der Waals surface area contributed by atoms with Gasteiger partial charge < -0.3 is 4.84 Å². The summed E-state index contributed by atoms with van der Waals surface area (Å²) in [6.07, 6.45) is 0.431. The van der Waals surface area contributed by atoms with E-state index in [0.29, 0.717) is 24.0 Å². The van der Waals surface area contributed by atoms with Crippen molar-refractivity contribution in [1.29, 1.82) is 0 Å². The van der Waals surface area contributed by atoms with E-state index in [1.807, 2.05) is 6.92 Å². The predicted molar refractivity (Wildman–Crippen MR) is 157 cm³/mol. The third-order valence-electron chi connectivity index (χ3n) is 8.51. The molecule has 2 aliphatic heterocycles. The highest BCUT2D eigenvalue weighted by Gasteiger charge is 2.58. The number of hydroxylamine groups is 2. The van der Waals surface area contributed by atoms with Crippen LogP contribution in [0, 0.1) is 5.92 Å². The Morgan fingerprint density at radius 1 is 0.978 bits per heavy atom. The van der Waals surface area contributed by atoms with Crippen molar-refractivity contribution in [3.8, 4) is 0 Å². The highest BCUT2D eigenvalue weighted by Crippen LogP contribution is 2.51. The molecule has 2 aliphatic rings. The van der Waals surface area contributed by atoms with Crippen molar-refractivity contribution in [2.45, 2.75) is 86.8 Å². The first-order chi connectivity index (χ1) is 20.7. The Bertz CT molecular complexity index is 1970. The number of carbonyl (C=O) groups excluding carboxylic acids is 3. The van der Waals surface area contributed by atoms with Gasteiger partial charge in [-0.05, 0) is 36.9 Å². The van der Waals surface area contributed by atoms with Gasteiger partial charge >= 0.3 is 16.1 Å². The molecule has 2 aromatic carbocycles. The van der Waals surface area contributed by atoms with E-state index in [1.165, 1.54) is 37.5 Å². The van der Waals surface area contributed by atoms with Crippen LogP contribution in [0.5, 0.6) is 0 Å². The molecule has 3 unspecified atom stereocenters. The number of hydrogen-bond donors (Lipinski definition) is 3.